The molecule has 1 aliphatic rings. The standard InChI is InChI=1S/C10H11ClN/c11-10-4-1-3-9(7-10)8-12-5-2-6-12/h1,3-4H,2,5-6,8H2. The Morgan fingerprint density at radius 3 is 2.83 bits per heavy atom. The molecule has 1 aliphatic heterocycles. The zero-order chi connectivity index (χ0) is 8.39. The van der Waals surface area contributed by atoms with Crippen LogP contribution in [-0.2, 0) is 6.54 Å². The molecule has 12 heavy (non-hydrogen) atoms. The number of rotatable bonds is 2. The summed E-state index contributed by atoms with van der Waals surface area (Å²) in [5.74, 6) is 0. The molecule has 1 aromatic carbocycles. The molecule has 63 valence electrons. The third-order valence-electron chi connectivity index (χ3n) is 2.16. The molecule has 0 atom stereocenters. The molecule has 0 unspecified atom stereocenters. The van der Waals surface area contributed by atoms with Crippen molar-refractivity contribution in [3.8, 4) is 0 Å². The quantitative estimate of drug-likeness (QED) is 0.676. The van der Waals surface area contributed by atoms with Gasteiger partial charge in [0.15, 0.2) is 0 Å². The van der Waals surface area contributed by atoms with E-state index in [-0.39, 0.29) is 0 Å². The Balaban J connectivity index is 2.02. The Labute approximate surface area is 77.9 Å². The Kier molecular flexibility index (Phi) is 2.33. The summed E-state index contributed by atoms with van der Waals surface area (Å²) in [6.45, 7) is 3.45. The van der Waals surface area contributed by atoms with Crippen LogP contribution in [0.4, 0.5) is 0 Å². The first-order valence-electron chi connectivity index (χ1n) is 4.24. The number of benzene rings is 1. The highest BCUT2D eigenvalue weighted by Crippen LogP contribution is 2.14. The molecule has 0 bridgehead atoms. The van der Waals surface area contributed by atoms with Crippen molar-refractivity contribution in [2.75, 3.05) is 13.1 Å². The highest BCUT2D eigenvalue weighted by Gasteiger charge is 2.13. The summed E-state index contributed by atoms with van der Waals surface area (Å²) >= 11 is 5.82. The van der Waals surface area contributed by atoms with Gasteiger partial charge in [-0.3, -0.25) is 4.90 Å². The Morgan fingerprint density at radius 1 is 1.42 bits per heavy atom. The summed E-state index contributed by atoms with van der Waals surface area (Å²) in [5.41, 5.74) is 1.20. The number of halogens is 1. The van der Waals surface area contributed by atoms with E-state index in [4.69, 9.17) is 11.6 Å². The molecule has 1 heterocycles. The summed E-state index contributed by atoms with van der Waals surface area (Å²) in [6.07, 6.45) is 1.33. The topological polar surface area (TPSA) is 3.24 Å². The second-order valence-electron chi connectivity index (χ2n) is 3.15. The molecule has 0 spiro atoms. The minimum absolute atomic E-state index is 0.716. The van der Waals surface area contributed by atoms with Crippen molar-refractivity contribution in [1.29, 1.82) is 0 Å². The maximum absolute atomic E-state index is 5.82. The van der Waals surface area contributed by atoms with Crippen LogP contribution in [0.25, 0.3) is 0 Å². The van der Waals surface area contributed by atoms with Gasteiger partial charge in [-0.05, 0) is 31.1 Å². The first kappa shape index (κ1) is 8.09. The van der Waals surface area contributed by atoms with Crippen LogP contribution in [0.3, 0.4) is 0 Å². The van der Waals surface area contributed by atoms with Gasteiger partial charge in [0.2, 0.25) is 0 Å². The Bertz CT molecular complexity index is 268. The lowest BCUT2D eigenvalue weighted by molar-refractivity contribution is 0.172. The zero-order valence-electron chi connectivity index (χ0n) is 6.89. The number of nitrogens with zero attached hydrogens (tertiary/aromatic N) is 1. The van der Waals surface area contributed by atoms with E-state index < -0.39 is 0 Å². The van der Waals surface area contributed by atoms with Gasteiger partial charge in [0.05, 0.1) is 0 Å². The second kappa shape index (κ2) is 3.46. The van der Waals surface area contributed by atoms with Crippen molar-refractivity contribution < 1.29 is 0 Å². The lowest BCUT2D eigenvalue weighted by Crippen LogP contribution is -2.36. The fraction of sp³-hybridized carbons (Fsp3) is 0.400. The van der Waals surface area contributed by atoms with E-state index in [0.29, 0.717) is 5.02 Å². The van der Waals surface area contributed by atoms with Gasteiger partial charge in [-0.25, -0.2) is 0 Å². The molecule has 2 rings (SSSR count). The van der Waals surface area contributed by atoms with Crippen LogP contribution in [-0.4, -0.2) is 18.0 Å². The molecule has 1 radical (unpaired) electrons. The molecular weight excluding hydrogens is 170 g/mol. The monoisotopic (exact) mass is 180 g/mol. The third kappa shape index (κ3) is 1.79. The predicted octanol–water partition coefficient (Wildman–Crippen LogP) is 2.35. The predicted molar refractivity (Wildman–Crippen MR) is 50.2 cm³/mol. The van der Waals surface area contributed by atoms with Crippen molar-refractivity contribution in [2.24, 2.45) is 0 Å². The van der Waals surface area contributed by atoms with Crippen molar-refractivity contribution in [3.63, 3.8) is 0 Å². The first-order chi connectivity index (χ1) is 5.84. The summed E-state index contributed by atoms with van der Waals surface area (Å²) in [5, 5.41) is 0.716. The van der Waals surface area contributed by atoms with Crippen molar-refractivity contribution in [2.45, 2.75) is 13.0 Å². The normalized spacial score (nSPS) is 17.4. The van der Waals surface area contributed by atoms with E-state index in [9.17, 15) is 0 Å². The molecular formula is C10H11ClN. The van der Waals surface area contributed by atoms with Gasteiger partial charge in [-0.1, -0.05) is 23.7 Å². The highest BCUT2D eigenvalue weighted by molar-refractivity contribution is 6.30. The average molecular weight is 181 g/mol. The second-order valence-corrected chi connectivity index (χ2v) is 3.56. The van der Waals surface area contributed by atoms with E-state index >= 15 is 0 Å². The van der Waals surface area contributed by atoms with E-state index in [1.807, 2.05) is 12.1 Å². The lowest BCUT2D eigenvalue weighted by Gasteiger charge is -2.30. The van der Waals surface area contributed by atoms with E-state index in [1.54, 1.807) is 0 Å². The van der Waals surface area contributed by atoms with Gasteiger partial charge in [0.25, 0.3) is 0 Å². The molecule has 1 nitrogen and oxygen atoms in total. The van der Waals surface area contributed by atoms with Crippen LogP contribution in [0.5, 0.6) is 0 Å². The molecule has 1 saturated heterocycles. The fourth-order valence-corrected chi connectivity index (χ4v) is 1.55. The molecule has 2 heteroatoms. The van der Waals surface area contributed by atoms with Gasteiger partial charge in [-0.2, -0.15) is 0 Å². The zero-order valence-corrected chi connectivity index (χ0v) is 7.64. The molecule has 0 amide bonds. The highest BCUT2D eigenvalue weighted by atomic mass is 35.5. The molecule has 0 aromatic heterocycles. The van der Waals surface area contributed by atoms with Gasteiger partial charge in [0.1, 0.15) is 0 Å². The molecule has 1 aromatic rings. The van der Waals surface area contributed by atoms with Crippen molar-refractivity contribution in [3.05, 3.63) is 34.9 Å². The lowest BCUT2D eigenvalue weighted by atomic mass is 10.1. The van der Waals surface area contributed by atoms with Gasteiger partial charge < -0.3 is 0 Å². The van der Waals surface area contributed by atoms with Crippen LogP contribution >= 0.6 is 11.6 Å². The minimum atomic E-state index is 0.716. The van der Waals surface area contributed by atoms with Crippen LogP contribution in [0.1, 0.15) is 12.0 Å². The minimum Gasteiger partial charge on any atom is -0.299 e. The van der Waals surface area contributed by atoms with Crippen molar-refractivity contribution >= 4 is 11.6 Å². The Morgan fingerprint density at radius 2 is 2.25 bits per heavy atom. The smallest absolute Gasteiger partial charge is 0.0488 e. The molecule has 0 aliphatic carbocycles. The number of hydrogen-bond donors (Lipinski definition) is 0. The first-order valence-corrected chi connectivity index (χ1v) is 4.61. The van der Waals surface area contributed by atoms with Gasteiger partial charge in [0, 0.05) is 17.6 Å². The average Bonchev–Trinajstić information content (AvgIpc) is 1.97. The third-order valence-corrected chi connectivity index (χ3v) is 2.38. The summed E-state index contributed by atoms with van der Waals surface area (Å²) in [7, 11) is 0. The van der Waals surface area contributed by atoms with Crippen LogP contribution in [0.15, 0.2) is 18.2 Å². The summed E-state index contributed by atoms with van der Waals surface area (Å²) < 4.78 is 0. The molecule has 1 fully saturated rings. The largest absolute Gasteiger partial charge is 0.299 e. The summed E-state index contributed by atoms with van der Waals surface area (Å²) in [4.78, 5) is 2.39. The fourth-order valence-electron chi connectivity index (χ4n) is 1.36. The molecule has 0 saturated carbocycles. The van der Waals surface area contributed by atoms with Crippen LogP contribution in [0.2, 0.25) is 5.02 Å². The van der Waals surface area contributed by atoms with Crippen molar-refractivity contribution in [1.82, 2.24) is 4.90 Å². The number of likely N-dealkylation sites (tertiary alicyclic amines) is 1. The summed E-state index contributed by atoms with van der Waals surface area (Å²) in [6, 6.07) is 9.05. The molecule has 0 N–H and O–H groups in total. The number of hydrogen-bond acceptors (Lipinski definition) is 1. The SMILES string of the molecule is Clc1[c]c(CN2CCC2)ccc1. The van der Waals surface area contributed by atoms with Gasteiger partial charge >= 0.3 is 0 Å². The van der Waals surface area contributed by atoms with E-state index in [2.05, 4.69) is 17.0 Å². The Hall–Kier alpha value is -0.530. The van der Waals surface area contributed by atoms with Crippen LogP contribution < -0.4 is 0 Å². The maximum Gasteiger partial charge on any atom is 0.0488 e. The van der Waals surface area contributed by atoms with E-state index in [0.717, 1.165) is 6.54 Å². The van der Waals surface area contributed by atoms with Gasteiger partial charge in [-0.15, -0.1) is 0 Å². The van der Waals surface area contributed by atoms with E-state index in [1.165, 1.54) is 25.1 Å². The van der Waals surface area contributed by atoms with Crippen LogP contribution in [0, 0.1) is 6.07 Å². The maximum atomic E-state index is 5.82.